The minimum absolute atomic E-state index is 0.0698. The highest BCUT2D eigenvalue weighted by Gasteiger charge is 2.18. The van der Waals surface area contributed by atoms with Crippen LogP contribution < -0.4 is 5.32 Å². The fraction of sp³-hybridized carbons (Fsp3) is 0.267. The monoisotopic (exact) mass is 289 g/mol. The van der Waals surface area contributed by atoms with E-state index in [1.54, 1.807) is 11.3 Å². The van der Waals surface area contributed by atoms with Gasteiger partial charge in [-0.2, -0.15) is 11.8 Å². The van der Waals surface area contributed by atoms with Crippen molar-refractivity contribution in [2.75, 3.05) is 6.54 Å². The lowest BCUT2D eigenvalue weighted by atomic mass is 10.1. The highest BCUT2D eigenvalue weighted by molar-refractivity contribution is 7.98. The van der Waals surface area contributed by atoms with Crippen molar-refractivity contribution in [3.05, 3.63) is 57.3 Å². The Morgan fingerprint density at radius 2 is 2.05 bits per heavy atom. The molecule has 4 heteroatoms. The van der Waals surface area contributed by atoms with Crippen LogP contribution in [0.5, 0.6) is 0 Å². The molecule has 0 atom stereocenters. The Kier molecular flexibility index (Phi) is 3.89. The van der Waals surface area contributed by atoms with Crippen LogP contribution >= 0.6 is 23.1 Å². The number of benzene rings is 1. The van der Waals surface area contributed by atoms with Crippen molar-refractivity contribution in [1.29, 1.82) is 0 Å². The minimum atomic E-state index is 0.0698. The molecule has 1 aromatic carbocycles. The Hall–Kier alpha value is -1.26. The molecule has 3 rings (SSSR count). The van der Waals surface area contributed by atoms with E-state index in [-0.39, 0.29) is 5.91 Å². The number of nitrogens with one attached hydrogen (secondary N) is 1. The second-order valence-electron chi connectivity index (χ2n) is 4.54. The quantitative estimate of drug-likeness (QED) is 0.934. The van der Waals surface area contributed by atoms with Gasteiger partial charge in [-0.3, -0.25) is 4.79 Å². The van der Waals surface area contributed by atoms with Gasteiger partial charge in [0.1, 0.15) is 0 Å². The number of fused-ring (bicyclic) bond motifs is 1. The molecule has 0 fully saturated rings. The highest BCUT2D eigenvalue weighted by Crippen LogP contribution is 2.36. The molecule has 1 N–H and O–H groups in total. The molecule has 2 nitrogen and oxygen atoms in total. The van der Waals surface area contributed by atoms with Gasteiger partial charge in [0, 0.05) is 22.9 Å². The van der Waals surface area contributed by atoms with Crippen molar-refractivity contribution < 1.29 is 4.79 Å². The first-order valence-electron chi connectivity index (χ1n) is 6.34. The van der Waals surface area contributed by atoms with E-state index in [1.807, 2.05) is 30.0 Å². The molecule has 19 heavy (non-hydrogen) atoms. The van der Waals surface area contributed by atoms with Gasteiger partial charge < -0.3 is 5.32 Å². The summed E-state index contributed by atoms with van der Waals surface area (Å²) in [5.74, 6) is 2.20. The summed E-state index contributed by atoms with van der Waals surface area (Å²) >= 11 is 3.57. The van der Waals surface area contributed by atoms with Gasteiger partial charge in [0.2, 0.25) is 0 Å². The molecule has 1 aliphatic rings. The van der Waals surface area contributed by atoms with E-state index < -0.39 is 0 Å². The molecular formula is C15H15NOS2. The maximum absolute atomic E-state index is 12.0. The normalized spacial score (nSPS) is 13.3. The number of amides is 1. The van der Waals surface area contributed by atoms with Crippen molar-refractivity contribution >= 4 is 29.0 Å². The summed E-state index contributed by atoms with van der Waals surface area (Å²) in [5, 5.41) is 3.00. The van der Waals surface area contributed by atoms with Crippen LogP contribution in [0.2, 0.25) is 0 Å². The molecule has 0 unspecified atom stereocenters. The molecule has 1 aliphatic heterocycles. The van der Waals surface area contributed by atoms with Gasteiger partial charge in [0.15, 0.2) is 0 Å². The van der Waals surface area contributed by atoms with Gasteiger partial charge in [-0.1, -0.05) is 30.3 Å². The van der Waals surface area contributed by atoms with Crippen molar-refractivity contribution in [2.45, 2.75) is 17.9 Å². The number of thioether (sulfide) groups is 1. The number of carbonyl (C=O) groups is 1. The summed E-state index contributed by atoms with van der Waals surface area (Å²) in [4.78, 5) is 14.3. The Bertz CT molecular complexity index is 556. The number of hydrogen-bond acceptors (Lipinski definition) is 3. The zero-order valence-electron chi connectivity index (χ0n) is 10.5. The molecule has 98 valence electrons. The maximum Gasteiger partial charge on any atom is 0.261 e. The molecule has 1 amide bonds. The third-order valence-electron chi connectivity index (χ3n) is 3.15. The van der Waals surface area contributed by atoms with Crippen LogP contribution in [-0.4, -0.2) is 12.5 Å². The third-order valence-corrected chi connectivity index (χ3v) is 5.52. The van der Waals surface area contributed by atoms with Crippen LogP contribution in [0.3, 0.4) is 0 Å². The van der Waals surface area contributed by atoms with E-state index in [4.69, 9.17) is 0 Å². The zero-order chi connectivity index (χ0) is 13.1. The number of thiophene rings is 1. The van der Waals surface area contributed by atoms with E-state index in [0.717, 1.165) is 22.8 Å². The molecule has 0 radical (unpaired) electrons. The average Bonchev–Trinajstić information content (AvgIpc) is 3.00. The van der Waals surface area contributed by atoms with Crippen LogP contribution in [0.15, 0.2) is 36.4 Å². The predicted octanol–water partition coefficient (Wildman–Crippen LogP) is 3.47. The topological polar surface area (TPSA) is 29.1 Å². The summed E-state index contributed by atoms with van der Waals surface area (Å²) in [6.45, 7) is 0.695. The number of rotatable bonds is 4. The van der Waals surface area contributed by atoms with E-state index in [2.05, 4.69) is 23.5 Å². The Morgan fingerprint density at radius 3 is 2.84 bits per heavy atom. The largest absolute Gasteiger partial charge is 0.351 e. The van der Waals surface area contributed by atoms with Crippen molar-refractivity contribution in [2.24, 2.45) is 0 Å². The maximum atomic E-state index is 12.0. The van der Waals surface area contributed by atoms with Crippen molar-refractivity contribution in [3.63, 3.8) is 0 Å². The number of carbonyl (C=O) groups excluding carboxylic acids is 1. The fourth-order valence-corrected chi connectivity index (χ4v) is 4.55. The van der Waals surface area contributed by atoms with Crippen molar-refractivity contribution in [3.8, 4) is 0 Å². The second-order valence-corrected chi connectivity index (χ2v) is 6.67. The first kappa shape index (κ1) is 12.8. The molecular weight excluding hydrogens is 274 g/mol. The second kappa shape index (κ2) is 5.80. The summed E-state index contributed by atoms with van der Waals surface area (Å²) in [7, 11) is 0. The van der Waals surface area contributed by atoms with Gasteiger partial charge >= 0.3 is 0 Å². The van der Waals surface area contributed by atoms with Crippen LogP contribution in [-0.2, 0) is 17.9 Å². The average molecular weight is 289 g/mol. The Labute approximate surface area is 121 Å². The Morgan fingerprint density at radius 1 is 1.21 bits per heavy atom. The van der Waals surface area contributed by atoms with Crippen LogP contribution in [0.4, 0.5) is 0 Å². The minimum Gasteiger partial charge on any atom is -0.351 e. The van der Waals surface area contributed by atoms with E-state index in [0.29, 0.717) is 6.54 Å². The SMILES string of the molecule is O=C(NCCc1ccccc1)c1cc2c(s1)CSC2. The third kappa shape index (κ3) is 3.01. The highest BCUT2D eigenvalue weighted by atomic mass is 32.2. The summed E-state index contributed by atoms with van der Waals surface area (Å²) in [6.07, 6.45) is 0.882. The molecule has 0 bridgehead atoms. The first-order chi connectivity index (χ1) is 9.33. The fourth-order valence-electron chi connectivity index (χ4n) is 2.13. The van der Waals surface area contributed by atoms with Crippen LogP contribution in [0, 0.1) is 0 Å². The number of hydrogen-bond donors (Lipinski definition) is 1. The van der Waals surface area contributed by atoms with Crippen LogP contribution in [0.25, 0.3) is 0 Å². The Balaban J connectivity index is 1.54. The molecule has 2 heterocycles. The lowest BCUT2D eigenvalue weighted by Gasteiger charge is -2.03. The van der Waals surface area contributed by atoms with E-state index >= 15 is 0 Å². The van der Waals surface area contributed by atoms with E-state index in [1.165, 1.54) is 16.0 Å². The summed E-state index contributed by atoms with van der Waals surface area (Å²) < 4.78 is 0. The van der Waals surface area contributed by atoms with Gasteiger partial charge in [-0.25, -0.2) is 0 Å². The van der Waals surface area contributed by atoms with E-state index in [9.17, 15) is 4.79 Å². The standard InChI is InChI=1S/C15H15NOS2/c17-15(13-8-12-9-18-10-14(12)19-13)16-7-6-11-4-2-1-3-5-11/h1-5,8H,6-7,9-10H2,(H,16,17). The zero-order valence-corrected chi connectivity index (χ0v) is 12.2. The predicted molar refractivity (Wildman–Crippen MR) is 81.8 cm³/mol. The molecule has 0 saturated heterocycles. The van der Waals surface area contributed by atoms with Gasteiger partial charge in [0.05, 0.1) is 4.88 Å². The van der Waals surface area contributed by atoms with Crippen molar-refractivity contribution in [1.82, 2.24) is 5.32 Å². The molecule has 1 aromatic heterocycles. The van der Waals surface area contributed by atoms with Gasteiger partial charge in [-0.15, -0.1) is 11.3 Å². The molecule has 0 spiro atoms. The van der Waals surface area contributed by atoms with Crippen LogP contribution in [0.1, 0.15) is 25.7 Å². The van der Waals surface area contributed by atoms with Gasteiger partial charge in [-0.05, 0) is 23.6 Å². The molecule has 0 aliphatic carbocycles. The first-order valence-corrected chi connectivity index (χ1v) is 8.31. The molecule has 2 aromatic rings. The summed E-state index contributed by atoms with van der Waals surface area (Å²) in [5.41, 5.74) is 2.61. The van der Waals surface area contributed by atoms with Gasteiger partial charge in [0.25, 0.3) is 5.91 Å². The molecule has 0 saturated carbocycles. The summed E-state index contributed by atoms with van der Waals surface area (Å²) in [6, 6.07) is 12.3. The smallest absolute Gasteiger partial charge is 0.261 e. The lowest BCUT2D eigenvalue weighted by Crippen LogP contribution is -2.24. The lowest BCUT2D eigenvalue weighted by molar-refractivity contribution is 0.0958.